The van der Waals surface area contributed by atoms with E-state index in [1.165, 1.54) is 0 Å². The molecule has 0 aliphatic rings. The smallest absolute Gasteiger partial charge is 0.0915 e. The first-order valence-electron chi connectivity index (χ1n) is 3.23. The van der Waals surface area contributed by atoms with Crippen LogP contribution in [0.5, 0.6) is 0 Å². The van der Waals surface area contributed by atoms with Crippen molar-refractivity contribution in [2.45, 2.75) is 13.0 Å². The van der Waals surface area contributed by atoms with Crippen molar-refractivity contribution in [1.29, 1.82) is 0 Å². The van der Waals surface area contributed by atoms with E-state index in [0.717, 1.165) is 5.69 Å². The lowest BCUT2D eigenvalue weighted by Crippen LogP contribution is -1.97. The summed E-state index contributed by atoms with van der Waals surface area (Å²) in [7, 11) is 0. The number of aliphatic hydroxyl groups excluding tert-OH is 1. The fourth-order valence-electron chi connectivity index (χ4n) is 0.928. The van der Waals surface area contributed by atoms with Gasteiger partial charge in [-0.15, -0.1) is 0 Å². The number of hydrogen-bond acceptors (Lipinski definition) is 1. The van der Waals surface area contributed by atoms with Gasteiger partial charge >= 0.3 is 0 Å². The average molecular weight is 137 g/mol. The highest BCUT2D eigenvalue weighted by Crippen LogP contribution is 2.12. The highest BCUT2D eigenvalue weighted by Gasteiger charge is 2.02. The Kier molecular flexibility index (Phi) is 1.92. The Bertz CT molecular complexity index is 225. The summed E-state index contributed by atoms with van der Waals surface area (Å²) >= 11 is 0. The van der Waals surface area contributed by atoms with E-state index in [-0.39, 0.29) is 0 Å². The third kappa shape index (κ3) is 1.11. The molecule has 1 heterocycles. The largest absolute Gasteiger partial charge is 0.387 e. The molecule has 0 radical (unpaired) electrons. The zero-order valence-corrected chi connectivity index (χ0v) is 5.99. The van der Waals surface area contributed by atoms with E-state index in [1.807, 2.05) is 18.3 Å². The van der Waals surface area contributed by atoms with Crippen LogP contribution in [-0.2, 0) is 0 Å². The minimum atomic E-state index is -0.423. The first-order chi connectivity index (χ1) is 4.75. The number of rotatable bonds is 2. The van der Waals surface area contributed by atoms with E-state index in [2.05, 4.69) is 6.58 Å². The van der Waals surface area contributed by atoms with Crippen molar-refractivity contribution in [3.8, 4) is 0 Å². The second kappa shape index (κ2) is 2.71. The fraction of sp³-hybridized carbons (Fsp3) is 0.250. The maximum atomic E-state index is 9.16. The molecule has 0 fully saturated rings. The minimum absolute atomic E-state index is 0.423. The molecule has 1 N–H and O–H groups in total. The van der Waals surface area contributed by atoms with Crippen LogP contribution in [0.15, 0.2) is 24.9 Å². The summed E-state index contributed by atoms with van der Waals surface area (Å²) in [6.45, 7) is 5.33. The standard InChI is InChI=1S/C8H11NO/c1-3-9-6-4-5-8(9)7(2)10/h3-7,10H,1H2,2H3. The number of nitrogens with zero attached hydrogens (tertiary/aromatic N) is 1. The molecule has 1 aromatic heterocycles. The molecule has 0 spiro atoms. The van der Waals surface area contributed by atoms with Gasteiger partial charge < -0.3 is 9.67 Å². The summed E-state index contributed by atoms with van der Waals surface area (Å²) in [5, 5.41) is 9.16. The molecule has 10 heavy (non-hydrogen) atoms. The van der Waals surface area contributed by atoms with E-state index >= 15 is 0 Å². The van der Waals surface area contributed by atoms with Crippen LogP contribution in [0.2, 0.25) is 0 Å². The Balaban J connectivity index is 3.01. The van der Waals surface area contributed by atoms with Gasteiger partial charge in [0.25, 0.3) is 0 Å². The van der Waals surface area contributed by atoms with Crippen LogP contribution in [0.25, 0.3) is 6.20 Å². The molecule has 2 nitrogen and oxygen atoms in total. The van der Waals surface area contributed by atoms with E-state index in [0.29, 0.717) is 0 Å². The molecule has 0 aliphatic carbocycles. The summed E-state index contributed by atoms with van der Waals surface area (Å²) in [5.74, 6) is 0. The summed E-state index contributed by atoms with van der Waals surface area (Å²) in [6, 6.07) is 3.75. The van der Waals surface area contributed by atoms with E-state index < -0.39 is 6.10 Å². The first-order valence-corrected chi connectivity index (χ1v) is 3.23. The normalized spacial score (nSPS) is 13.0. The second-order valence-corrected chi connectivity index (χ2v) is 2.20. The summed E-state index contributed by atoms with van der Waals surface area (Å²) in [5.41, 5.74) is 0.870. The topological polar surface area (TPSA) is 25.2 Å². The fourth-order valence-corrected chi connectivity index (χ4v) is 0.928. The highest BCUT2D eigenvalue weighted by molar-refractivity contribution is 5.25. The quantitative estimate of drug-likeness (QED) is 0.658. The molecule has 0 bridgehead atoms. The molecule has 0 saturated heterocycles. The van der Waals surface area contributed by atoms with Gasteiger partial charge in [-0.05, 0) is 19.1 Å². The van der Waals surface area contributed by atoms with Gasteiger partial charge in [0.1, 0.15) is 0 Å². The number of aliphatic hydroxyl groups is 1. The van der Waals surface area contributed by atoms with Crippen LogP contribution in [0.3, 0.4) is 0 Å². The lowest BCUT2D eigenvalue weighted by atomic mass is 10.3. The van der Waals surface area contributed by atoms with Gasteiger partial charge in [0.05, 0.1) is 11.8 Å². The Morgan fingerprint density at radius 1 is 1.80 bits per heavy atom. The van der Waals surface area contributed by atoms with Crippen molar-refractivity contribution in [3.05, 3.63) is 30.6 Å². The third-order valence-corrected chi connectivity index (χ3v) is 1.44. The van der Waals surface area contributed by atoms with Gasteiger partial charge in [-0.1, -0.05) is 6.58 Å². The maximum absolute atomic E-state index is 9.16. The zero-order chi connectivity index (χ0) is 7.56. The summed E-state index contributed by atoms with van der Waals surface area (Å²) in [6.07, 6.45) is 3.10. The van der Waals surface area contributed by atoms with Crippen molar-refractivity contribution >= 4 is 6.20 Å². The van der Waals surface area contributed by atoms with Gasteiger partial charge in [0.15, 0.2) is 0 Å². The maximum Gasteiger partial charge on any atom is 0.0915 e. The molecule has 1 aromatic rings. The SMILES string of the molecule is C=Cn1cccc1C(C)O. The van der Waals surface area contributed by atoms with Crippen LogP contribution >= 0.6 is 0 Å². The van der Waals surface area contributed by atoms with Crippen molar-refractivity contribution in [3.63, 3.8) is 0 Å². The summed E-state index contributed by atoms with van der Waals surface area (Å²) in [4.78, 5) is 0. The van der Waals surface area contributed by atoms with Crippen LogP contribution in [0.4, 0.5) is 0 Å². The molecular weight excluding hydrogens is 126 g/mol. The van der Waals surface area contributed by atoms with Crippen LogP contribution in [-0.4, -0.2) is 9.67 Å². The monoisotopic (exact) mass is 137 g/mol. The van der Waals surface area contributed by atoms with Crippen molar-refractivity contribution < 1.29 is 5.11 Å². The predicted octanol–water partition coefficient (Wildman–Crippen LogP) is 1.64. The Labute approximate surface area is 60.4 Å². The average Bonchev–Trinajstić information content (AvgIpc) is 2.33. The van der Waals surface area contributed by atoms with Crippen molar-refractivity contribution in [1.82, 2.24) is 4.57 Å². The van der Waals surface area contributed by atoms with Gasteiger partial charge in [-0.25, -0.2) is 0 Å². The van der Waals surface area contributed by atoms with Crippen LogP contribution < -0.4 is 0 Å². The zero-order valence-electron chi connectivity index (χ0n) is 5.99. The van der Waals surface area contributed by atoms with Gasteiger partial charge in [-0.2, -0.15) is 0 Å². The van der Waals surface area contributed by atoms with Gasteiger partial charge in [-0.3, -0.25) is 0 Å². The summed E-state index contributed by atoms with van der Waals surface area (Å²) < 4.78 is 1.80. The minimum Gasteiger partial charge on any atom is -0.387 e. The Morgan fingerprint density at radius 2 is 2.50 bits per heavy atom. The second-order valence-electron chi connectivity index (χ2n) is 2.20. The molecule has 0 amide bonds. The third-order valence-electron chi connectivity index (χ3n) is 1.44. The molecule has 1 rings (SSSR count). The molecular formula is C8H11NO. The highest BCUT2D eigenvalue weighted by atomic mass is 16.3. The van der Waals surface area contributed by atoms with E-state index in [1.54, 1.807) is 17.7 Å². The molecule has 1 unspecified atom stereocenters. The molecule has 0 aliphatic heterocycles. The van der Waals surface area contributed by atoms with Crippen molar-refractivity contribution in [2.75, 3.05) is 0 Å². The molecule has 1 atom stereocenters. The molecule has 54 valence electrons. The predicted molar refractivity (Wildman–Crippen MR) is 41.5 cm³/mol. The Morgan fingerprint density at radius 3 is 2.90 bits per heavy atom. The first kappa shape index (κ1) is 7.09. The Hall–Kier alpha value is -1.02. The lowest BCUT2D eigenvalue weighted by Gasteiger charge is -2.04. The van der Waals surface area contributed by atoms with Crippen molar-refractivity contribution in [2.24, 2.45) is 0 Å². The number of hydrogen-bond donors (Lipinski definition) is 1. The molecule has 2 heteroatoms. The number of aromatic nitrogens is 1. The van der Waals surface area contributed by atoms with Crippen LogP contribution in [0.1, 0.15) is 18.7 Å². The van der Waals surface area contributed by atoms with Crippen LogP contribution in [0, 0.1) is 0 Å². The lowest BCUT2D eigenvalue weighted by molar-refractivity contribution is 0.193. The van der Waals surface area contributed by atoms with Gasteiger partial charge in [0, 0.05) is 12.4 Å². The molecule has 0 saturated carbocycles. The van der Waals surface area contributed by atoms with E-state index in [4.69, 9.17) is 5.11 Å². The van der Waals surface area contributed by atoms with E-state index in [9.17, 15) is 0 Å². The van der Waals surface area contributed by atoms with Gasteiger partial charge in [0.2, 0.25) is 0 Å². The molecule has 0 aromatic carbocycles.